The van der Waals surface area contributed by atoms with Gasteiger partial charge in [0.15, 0.2) is 0 Å². The van der Waals surface area contributed by atoms with Crippen LogP contribution in [-0.2, 0) is 11.2 Å². The Morgan fingerprint density at radius 3 is 2.82 bits per heavy atom. The van der Waals surface area contributed by atoms with Crippen LogP contribution < -0.4 is 5.73 Å². The van der Waals surface area contributed by atoms with Gasteiger partial charge in [0.25, 0.3) is 0 Å². The lowest BCUT2D eigenvalue weighted by Gasteiger charge is -2.21. The molecule has 1 saturated heterocycles. The zero-order valence-corrected chi connectivity index (χ0v) is 14.1. The van der Waals surface area contributed by atoms with E-state index < -0.39 is 0 Å². The van der Waals surface area contributed by atoms with E-state index in [-0.39, 0.29) is 36.8 Å². The SMILES string of the molecule is CC1CC(CN)CN1C(=O)Cc1cn2ccccc2n1.Cl.Cl. The number of amides is 1. The molecule has 2 aromatic rings. The lowest BCUT2D eigenvalue weighted by Crippen LogP contribution is -2.35. The van der Waals surface area contributed by atoms with Crippen LogP contribution in [0.25, 0.3) is 5.65 Å². The van der Waals surface area contributed by atoms with Crippen molar-refractivity contribution in [3.63, 3.8) is 0 Å². The van der Waals surface area contributed by atoms with Gasteiger partial charge < -0.3 is 15.0 Å². The van der Waals surface area contributed by atoms with Crippen molar-refractivity contribution in [2.75, 3.05) is 13.1 Å². The van der Waals surface area contributed by atoms with Crippen LogP contribution in [0.5, 0.6) is 0 Å². The Balaban J connectivity index is 0.00000121. The predicted molar refractivity (Wildman–Crippen MR) is 91.7 cm³/mol. The molecule has 2 unspecified atom stereocenters. The number of carbonyl (C=O) groups is 1. The lowest BCUT2D eigenvalue weighted by atomic mass is 10.1. The van der Waals surface area contributed by atoms with E-state index in [0.717, 1.165) is 24.3 Å². The minimum atomic E-state index is 0. The Kier molecular flexibility index (Phi) is 6.66. The van der Waals surface area contributed by atoms with E-state index in [2.05, 4.69) is 11.9 Å². The topological polar surface area (TPSA) is 63.6 Å². The number of nitrogens with two attached hydrogens (primary N) is 1. The van der Waals surface area contributed by atoms with Crippen molar-refractivity contribution in [2.24, 2.45) is 11.7 Å². The summed E-state index contributed by atoms with van der Waals surface area (Å²) in [4.78, 5) is 18.8. The fraction of sp³-hybridized carbons (Fsp3) is 0.467. The van der Waals surface area contributed by atoms with Gasteiger partial charge in [-0.3, -0.25) is 4.79 Å². The standard InChI is InChI=1S/C15H20N4O.2ClH/c1-11-6-12(8-16)9-19(11)15(20)7-13-10-18-5-3-2-4-14(18)17-13;;/h2-5,10-12H,6-9,16H2,1H3;2*1H. The molecule has 2 aromatic heterocycles. The highest BCUT2D eigenvalue weighted by molar-refractivity contribution is 5.85. The van der Waals surface area contributed by atoms with Crippen LogP contribution in [0, 0.1) is 5.92 Å². The summed E-state index contributed by atoms with van der Waals surface area (Å²) in [7, 11) is 0. The van der Waals surface area contributed by atoms with Crippen LogP contribution in [0.3, 0.4) is 0 Å². The van der Waals surface area contributed by atoms with E-state index in [1.807, 2.05) is 39.9 Å². The quantitative estimate of drug-likeness (QED) is 0.924. The van der Waals surface area contributed by atoms with Crippen molar-refractivity contribution < 1.29 is 4.79 Å². The Morgan fingerprint density at radius 2 is 2.18 bits per heavy atom. The molecule has 1 aliphatic heterocycles. The van der Waals surface area contributed by atoms with Crippen LogP contribution in [0.4, 0.5) is 0 Å². The minimum Gasteiger partial charge on any atom is -0.339 e. The third-order valence-electron chi connectivity index (χ3n) is 4.06. The Hall–Kier alpha value is -1.30. The van der Waals surface area contributed by atoms with Gasteiger partial charge in [0.2, 0.25) is 5.91 Å². The third kappa shape index (κ3) is 3.72. The molecule has 1 fully saturated rings. The first-order valence-electron chi connectivity index (χ1n) is 7.09. The molecule has 0 aliphatic carbocycles. The average Bonchev–Trinajstić information content (AvgIpc) is 3.01. The van der Waals surface area contributed by atoms with Crippen LogP contribution in [0.2, 0.25) is 0 Å². The molecular formula is C15H22Cl2N4O. The Bertz CT molecular complexity index is 598. The van der Waals surface area contributed by atoms with Crippen molar-refractivity contribution in [2.45, 2.75) is 25.8 Å². The third-order valence-corrected chi connectivity index (χ3v) is 4.06. The maximum absolute atomic E-state index is 12.4. The summed E-state index contributed by atoms with van der Waals surface area (Å²) in [6.07, 6.45) is 5.24. The number of pyridine rings is 1. The fourth-order valence-electron chi connectivity index (χ4n) is 2.99. The highest BCUT2D eigenvalue weighted by atomic mass is 35.5. The fourth-order valence-corrected chi connectivity index (χ4v) is 2.99. The molecule has 0 aromatic carbocycles. The van der Waals surface area contributed by atoms with Gasteiger partial charge in [0.05, 0.1) is 12.1 Å². The molecule has 122 valence electrons. The minimum absolute atomic E-state index is 0. The summed E-state index contributed by atoms with van der Waals surface area (Å²) in [5.74, 6) is 0.590. The zero-order chi connectivity index (χ0) is 14.1. The summed E-state index contributed by atoms with van der Waals surface area (Å²) in [5, 5.41) is 0. The van der Waals surface area contributed by atoms with Crippen molar-refractivity contribution in [3.05, 3.63) is 36.3 Å². The van der Waals surface area contributed by atoms with Gasteiger partial charge in [-0.25, -0.2) is 4.98 Å². The maximum Gasteiger partial charge on any atom is 0.228 e. The molecule has 2 atom stereocenters. The second kappa shape index (κ2) is 7.81. The molecule has 0 spiro atoms. The number of nitrogens with zero attached hydrogens (tertiary/aromatic N) is 3. The lowest BCUT2D eigenvalue weighted by molar-refractivity contribution is -0.131. The number of likely N-dealkylation sites (tertiary alicyclic amines) is 1. The highest BCUT2D eigenvalue weighted by Crippen LogP contribution is 2.22. The van der Waals surface area contributed by atoms with E-state index in [1.165, 1.54) is 0 Å². The average molecular weight is 345 g/mol. The summed E-state index contributed by atoms with van der Waals surface area (Å²) in [6.45, 7) is 3.53. The first-order chi connectivity index (χ1) is 9.67. The van der Waals surface area contributed by atoms with Crippen LogP contribution in [-0.4, -0.2) is 39.3 Å². The van der Waals surface area contributed by atoms with Crippen molar-refractivity contribution in [3.8, 4) is 0 Å². The van der Waals surface area contributed by atoms with Crippen LogP contribution in [0.1, 0.15) is 19.0 Å². The van der Waals surface area contributed by atoms with Gasteiger partial charge in [-0.1, -0.05) is 6.07 Å². The van der Waals surface area contributed by atoms with Crippen molar-refractivity contribution in [1.29, 1.82) is 0 Å². The first kappa shape index (κ1) is 18.7. The molecule has 22 heavy (non-hydrogen) atoms. The number of halogens is 2. The number of hydrogen-bond donors (Lipinski definition) is 1. The van der Waals surface area contributed by atoms with Gasteiger partial charge in [0, 0.05) is 25.0 Å². The first-order valence-corrected chi connectivity index (χ1v) is 7.09. The molecule has 7 heteroatoms. The van der Waals surface area contributed by atoms with Crippen LogP contribution in [0.15, 0.2) is 30.6 Å². The van der Waals surface area contributed by atoms with E-state index in [4.69, 9.17) is 5.73 Å². The molecule has 0 bridgehead atoms. The van der Waals surface area contributed by atoms with E-state index in [1.54, 1.807) is 0 Å². The molecule has 0 saturated carbocycles. The number of carbonyl (C=O) groups excluding carboxylic acids is 1. The summed E-state index contributed by atoms with van der Waals surface area (Å²) < 4.78 is 1.94. The second-order valence-electron chi connectivity index (χ2n) is 5.61. The molecule has 1 amide bonds. The van der Waals surface area contributed by atoms with Gasteiger partial charge >= 0.3 is 0 Å². The van der Waals surface area contributed by atoms with E-state index in [0.29, 0.717) is 18.9 Å². The van der Waals surface area contributed by atoms with Crippen molar-refractivity contribution >= 4 is 36.4 Å². The number of fused-ring (bicyclic) bond motifs is 1. The molecule has 1 aliphatic rings. The molecule has 3 rings (SSSR count). The summed E-state index contributed by atoms with van der Waals surface area (Å²) >= 11 is 0. The maximum atomic E-state index is 12.4. The molecule has 3 heterocycles. The number of aromatic nitrogens is 2. The number of hydrogen-bond acceptors (Lipinski definition) is 3. The Morgan fingerprint density at radius 1 is 1.41 bits per heavy atom. The Labute approximate surface area is 142 Å². The normalized spacial score (nSPS) is 20.5. The molecular weight excluding hydrogens is 323 g/mol. The van der Waals surface area contributed by atoms with E-state index in [9.17, 15) is 4.79 Å². The smallest absolute Gasteiger partial charge is 0.228 e. The van der Waals surface area contributed by atoms with Crippen molar-refractivity contribution in [1.82, 2.24) is 14.3 Å². The zero-order valence-electron chi connectivity index (χ0n) is 12.5. The van der Waals surface area contributed by atoms with Gasteiger partial charge in [0.1, 0.15) is 5.65 Å². The van der Waals surface area contributed by atoms with E-state index >= 15 is 0 Å². The monoisotopic (exact) mass is 344 g/mol. The number of imidazole rings is 1. The van der Waals surface area contributed by atoms with Gasteiger partial charge in [-0.2, -0.15) is 0 Å². The highest BCUT2D eigenvalue weighted by Gasteiger charge is 2.31. The predicted octanol–water partition coefficient (Wildman–Crippen LogP) is 1.92. The molecule has 0 radical (unpaired) electrons. The largest absolute Gasteiger partial charge is 0.339 e. The second-order valence-corrected chi connectivity index (χ2v) is 5.61. The number of rotatable bonds is 3. The molecule has 2 N–H and O–H groups in total. The summed E-state index contributed by atoms with van der Waals surface area (Å²) in [5.41, 5.74) is 7.41. The van der Waals surface area contributed by atoms with Gasteiger partial charge in [-0.15, -0.1) is 24.8 Å². The molecule has 5 nitrogen and oxygen atoms in total. The summed E-state index contributed by atoms with van der Waals surface area (Å²) in [6, 6.07) is 6.13. The van der Waals surface area contributed by atoms with Gasteiger partial charge in [-0.05, 0) is 37.9 Å². The van der Waals surface area contributed by atoms with Crippen LogP contribution >= 0.6 is 24.8 Å².